The van der Waals surface area contributed by atoms with Crippen LogP contribution >= 0.6 is 0 Å². The number of nitrogens with zero attached hydrogens (tertiary/aromatic N) is 5. The Bertz CT molecular complexity index is 2470. The minimum Gasteiger partial charge on any atom is -0.340 e. The van der Waals surface area contributed by atoms with Crippen LogP contribution in [-0.4, -0.2) is 24.5 Å². The van der Waals surface area contributed by atoms with Crippen molar-refractivity contribution in [3.05, 3.63) is 195 Å². The Hall–Kier alpha value is -7.24. The Morgan fingerprint density at radius 1 is 0.309 bits per heavy atom. The van der Waals surface area contributed by atoms with E-state index in [-0.39, 0.29) is 0 Å². The van der Waals surface area contributed by atoms with Crippen LogP contribution in [0.5, 0.6) is 0 Å². The van der Waals surface area contributed by atoms with E-state index in [1.54, 1.807) is 0 Å². The molecule has 5 aromatic heterocycles. The van der Waals surface area contributed by atoms with Gasteiger partial charge in [0.25, 0.3) is 0 Å². The number of pyridine rings is 4. The molecule has 9 aromatic rings. The summed E-state index contributed by atoms with van der Waals surface area (Å²) in [5, 5.41) is 0. The molecule has 9 rings (SSSR count). The summed E-state index contributed by atoms with van der Waals surface area (Å²) >= 11 is 0. The molecule has 0 radical (unpaired) electrons. The minimum absolute atomic E-state index is 0.772. The van der Waals surface area contributed by atoms with Crippen molar-refractivity contribution in [1.29, 1.82) is 0 Å². The molecule has 0 aliphatic carbocycles. The summed E-state index contributed by atoms with van der Waals surface area (Å²) in [4.78, 5) is 17.5. The monoisotopic (exact) mass is 707 g/mol. The van der Waals surface area contributed by atoms with E-state index < -0.39 is 0 Å². The third-order valence-corrected chi connectivity index (χ3v) is 10.2. The average Bonchev–Trinajstić information content (AvgIpc) is 3.63. The highest BCUT2D eigenvalue weighted by Gasteiger charge is 2.27. The van der Waals surface area contributed by atoms with Crippen LogP contribution in [0.25, 0.3) is 89.3 Å². The Morgan fingerprint density at radius 2 is 0.564 bits per heavy atom. The predicted octanol–water partition coefficient (Wildman–Crippen LogP) is 12.4. The molecule has 5 nitrogen and oxygen atoms in total. The van der Waals surface area contributed by atoms with Gasteiger partial charge in [0.05, 0.1) is 11.4 Å². The van der Waals surface area contributed by atoms with Crippen LogP contribution in [0.3, 0.4) is 0 Å². The van der Waals surface area contributed by atoms with Gasteiger partial charge in [-0.1, -0.05) is 121 Å². The topological polar surface area (TPSA) is 56.5 Å². The number of hydrogen-bond donors (Lipinski definition) is 0. The Morgan fingerprint density at radius 3 is 0.800 bits per heavy atom. The lowest BCUT2D eigenvalue weighted by atomic mass is 9.89. The highest BCUT2D eigenvalue weighted by Crippen LogP contribution is 2.49. The van der Waals surface area contributed by atoms with E-state index in [0.717, 1.165) is 73.3 Å². The van der Waals surface area contributed by atoms with Crippen molar-refractivity contribution in [2.75, 3.05) is 0 Å². The third kappa shape index (κ3) is 6.64. The van der Waals surface area contributed by atoms with Crippen LogP contribution in [0.1, 0.15) is 6.92 Å². The second-order valence-electron chi connectivity index (χ2n) is 13.5. The quantitative estimate of drug-likeness (QED) is 0.150. The van der Waals surface area contributed by atoms with Gasteiger partial charge in [-0.15, -0.1) is 0 Å². The van der Waals surface area contributed by atoms with E-state index in [1.807, 2.05) is 73.8 Å². The molecule has 5 heterocycles. The van der Waals surface area contributed by atoms with Gasteiger partial charge >= 0.3 is 0 Å². The second-order valence-corrected chi connectivity index (χ2v) is 13.5. The average molecular weight is 708 g/mol. The Kier molecular flexibility index (Phi) is 9.17. The smallest absolute Gasteiger partial charge is 0.0571 e. The van der Waals surface area contributed by atoms with Crippen molar-refractivity contribution < 1.29 is 0 Å². The molecule has 0 spiro atoms. The molecule has 0 amide bonds. The lowest BCUT2D eigenvalue weighted by Crippen LogP contribution is -2.00. The van der Waals surface area contributed by atoms with Gasteiger partial charge in [-0.25, -0.2) is 0 Å². The van der Waals surface area contributed by atoms with E-state index >= 15 is 0 Å². The van der Waals surface area contributed by atoms with E-state index in [4.69, 9.17) is 0 Å². The standard InChI is InChI=1S/C50H37N5/c1-2-55-49(41-23-15-37(16-24-41)45-9-5-29-53-33-45)47(39-19-11-35(12-20-39)43-7-3-27-51-31-43)48(40-21-13-36(14-22-40)44-8-4-28-52-32-44)50(55)42-25-17-38(18-26-42)46-10-6-30-54-34-46/h3-34H,2H2,1H3. The first-order valence-corrected chi connectivity index (χ1v) is 18.5. The molecular formula is C50H37N5. The number of hydrogen-bond acceptors (Lipinski definition) is 4. The van der Waals surface area contributed by atoms with Crippen LogP contribution in [0, 0.1) is 0 Å². The SMILES string of the molecule is CCn1c(-c2ccc(-c3cccnc3)cc2)c(-c2ccc(-c3cccnc3)cc2)c(-c2ccc(-c3cccnc3)cc2)c1-c1ccc(-c2cccnc2)cc1. The molecule has 0 aliphatic rings. The Labute approximate surface area is 321 Å². The third-order valence-electron chi connectivity index (χ3n) is 10.2. The molecule has 5 heteroatoms. The van der Waals surface area contributed by atoms with Gasteiger partial charge in [-0.05, 0) is 98.0 Å². The molecule has 0 atom stereocenters. The van der Waals surface area contributed by atoms with Crippen LogP contribution < -0.4 is 0 Å². The molecule has 0 fully saturated rings. The van der Waals surface area contributed by atoms with Gasteiger partial charge in [0.15, 0.2) is 0 Å². The first-order valence-electron chi connectivity index (χ1n) is 18.5. The second kappa shape index (κ2) is 15.0. The van der Waals surface area contributed by atoms with Crippen LogP contribution in [-0.2, 0) is 6.54 Å². The van der Waals surface area contributed by atoms with Crippen LogP contribution in [0.15, 0.2) is 195 Å². The summed E-state index contributed by atoms with van der Waals surface area (Å²) in [6.45, 7) is 3.01. The zero-order valence-corrected chi connectivity index (χ0v) is 30.4. The fraction of sp³-hybridized carbons (Fsp3) is 0.0400. The van der Waals surface area contributed by atoms with E-state index in [0.29, 0.717) is 0 Å². The summed E-state index contributed by atoms with van der Waals surface area (Å²) in [7, 11) is 0. The molecule has 0 saturated heterocycles. The van der Waals surface area contributed by atoms with Crippen molar-refractivity contribution in [3.8, 4) is 89.3 Å². The van der Waals surface area contributed by atoms with Crippen molar-refractivity contribution in [3.63, 3.8) is 0 Å². The Balaban J connectivity index is 1.29. The minimum atomic E-state index is 0.772. The summed E-state index contributed by atoms with van der Waals surface area (Å²) in [5.74, 6) is 0. The predicted molar refractivity (Wildman–Crippen MR) is 225 cm³/mol. The summed E-state index contributed by atoms with van der Waals surface area (Å²) in [5.41, 5.74) is 18.2. The van der Waals surface area contributed by atoms with E-state index in [1.165, 1.54) is 22.5 Å². The summed E-state index contributed by atoms with van der Waals surface area (Å²) in [6, 6.07) is 52.1. The van der Waals surface area contributed by atoms with Gasteiger partial charge in [0.1, 0.15) is 0 Å². The highest BCUT2D eigenvalue weighted by molar-refractivity contribution is 6.02. The largest absolute Gasteiger partial charge is 0.340 e. The van der Waals surface area contributed by atoms with Gasteiger partial charge < -0.3 is 4.57 Å². The molecule has 0 saturated carbocycles. The zero-order valence-electron chi connectivity index (χ0n) is 30.4. The molecule has 4 aromatic carbocycles. The van der Waals surface area contributed by atoms with E-state index in [2.05, 4.69) is 153 Å². The van der Waals surface area contributed by atoms with Gasteiger partial charge in [-0.2, -0.15) is 0 Å². The molecule has 0 aliphatic heterocycles. The molecule has 55 heavy (non-hydrogen) atoms. The number of aromatic nitrogens is 5. The first kappa shape index (κ1) is 33.6. The molecular weight excluding hydrogens is 671 g/mol. The summed E-state index contributed by atoms with van der Waals surface area (Å²) in [6.07, 6.45) is 14.9. The van der Waals surface area contributed by atoms with Crippen LogP contribution in [0.4, 0.5) is 0 Å². The van der Waals surface area contributed by atoms with Crippen molar-refractivity contribution in [1.82, 2.24) is 24.5 Å². The van der Waals surface area contributed by atoms with Crippen molar-refractivity contribution in [2.24, 2.45) is 0 Å². The van der Waals surface area contributed by atoms with Crippen molar-refractivity contribution >= 4 is 0 Å². The lowest BCUT2D eigenvalue weighted by Gasteiger charge is -2.14. The number of rotatable bonds is 9. The summed E-state index contributed by atoms with van der Waals surface area (Å²) < 4.78 is 2.49. The first-order chi connectivity index (χ1) is 27.2. The molecule has 0 bridgehead atoms. The fourth-order valence-electron chi connectivity index (χ4n) is 7.53. The van der Waals surface area contributed by atoms with Gasteiger partial charge in [0, 0.05) is 67.2 Å². The van der Waals surface area contributed by atoms with Crippen molar-refractivity contribution in [2.45, 2.75) is 13.5 Å². The maximum absolute atomic E-state index is 4.38. The van der Waals surface area contributed by atoms with Crippen LogP contribution in [0.2, 0.25) is 0 Å². The number of benzene rings is 4. The molecule has 262 valence electrons. The highest BCUT2D eigenvalue weighted by atomic mass is 15.0. The molecule has 0 unspecified atom stereocenters. The fourth-order valence-corrected chi connectivity index (χ4v) is 7.53. The zero-order chi connectivity index (χ0) is 37.0. The molecule has 0 N–H and O–H groups in total. The van der Waals surface area contributed by atoms with Gasteiger partial charge in [0.2, 0.25) is 0 Å². The maximum atomic E-state index is 4.38. The van der Waals surface area contributed by atoms with E-state index in [9.17, 15) is 0 Å². The normalized spacial score (nSPS) is 11.1. The lowest BCUT2D eigenvalue weighted by molar-refractivity contribution is 0.785. The van der Waals surface area contributed by atoms with Gasteiger partial charge in [-0.3, -0.25) is 19.9 Å². The maximum Gasteiger partial charge on any atom is 0.0571 e.